The molecule has 304 valence electrons. The molecule has 1 aromatic rings. The van der Waals surface area contributed by atoms with Crippen LogP contribution in [0.3, 0.4) is 0 Å². The van der Waals surface area contributed by atoms with Crippen molar-refractivity contribution in [2.24, 2.45) is 28.8 Å². The van der Waals surface area contributed by atoms with Gasteiger partial charge in [-0.1, -0.05) is 90.3 Å². The Morgan fingerprint density at radius 1 is 0.963 bits per heavy atom. The van der Waals surface area contributed by atoms with Crippen molar-refractivity contribution < 1.29 is 28.7 Å². The van der Waals surface area contributed by atoms with Crippen LogP contribution in [0.5, 0.6) is 0 Å². The lowest BCUT2D eigenvalue weighted by Gasteiger charge is -2.41. The number of ether oxygens (including phenoxy) is 2. The Balaban J connectivity index is 2.28. The van der Waals surface area contributed by atoms with Crippen LogP contribution < -0.4 is 10.6 Å². The summed E-state index contributed by atoms with van der Waals surface area (Å²) in [5.74, 6) is -1.60. The van der Waals surface area contributed by atoms with Gasteiger partial charge in [-0.2, -0.15) is 0 Å². The molecule has 2 N–H and O–H groups in total. The van der Waals surface area contributed by atoms with Crippen LogP contribution in [0.1, 0.15) is 79.7 Å². The van der Waals surface area contributed by atoms with Crippen molar-refractivity contribution in [2.75, 3.05) is 48.5 Å². The predicted octanol–water partition coefficient (Wildman–Crippen LogP) is 4.67. The van der Waals surface area contributed by atoms with E-state index in [1.165, 1.54) is 0 Å². The van der Waals surface area contributed by atoms with Crippen LogP contribution in [0, 0.1) is 23.7 Å². The molecule has 1 aliphatic heterocycles. The third-order valence-corrected chi connectivity index (χ3v) is 11.0. The zero-order chi connectivity index (χ0) is 40.7. The monoisotopic (exact) mass is 757 g/mol. The second-order valence-electron chi connectivity index (χ2n) is 15.8. The molecule has 0 radical (unpaired) electrons. The van der Waals surface area contributed by atoms with Crippen LogP contribution in [-0.2, 0) is 35.1 Å². The van der Waals surface area contributed by atoms with Crippen molar-refractivity contribution in [3.8, 4) is 0 Å². The highest BCUT2D eigenvalue weighted by Gasteiger charge is 2.43. The van der Waals surface area contributed by atoms with Crippen molar-refractivity contribution in [1.29, 1.82) is 0 Å². The number of carbonyl (C=O) groups is 4. The highest BCUT2D eigenvalue weighted by Crippen LogP contribution is 2.30. The minimum atomic E-state index is -0.763. The van der Waals surface area contributed by atoms with Gasteiger partial charge in [-0.15, -0.1) is 0 Å². The Labute approximate surface area is 323 Å². The van der Waals surface area contributed by atoms with E-state index in [4.69, 9.17) is 15.0 Å². The number of nitrogens with one attached hydrogen (secondary N) is 2. The first-order chi connectivity index (χ1) is 25.5. The number of likely N-dealkylation sites (tertiary alicyclic amines) is 1. The van der Waals surface area contributed by atoms with Crippen LogP contribution in [0.25, 0.3) is 10.4 Å². The lowest BCUT2D eigenvalue weighted by molar-refractivity contribution is -0.148. The molecule has 0 saturated carbocycles. The zero-order valence-electron chi connectivity index (χ0n) is 34.8. The van der Waals surface area contributed by atoms with E-state index in [1.54, 1.807) is 38.0 Å². The molecule has 0 spiro atoms. The van der Waals surface area contributed by atoms with Gasteiger partial charge in [0.15, 0.2) is 0 Å². The Kier molecular flexibility index (Phi) is 19.5. The van der Waals surface area contributed by atoms with E-state index >= 15 is 0 Å². The van der Waals surface area contributed by atoms with Gasteiger partial charge >= 0.3 is 0 Å². The van der Waals surface area contributed by atoms with Gasteiger partial charge in [0, 0.05) is 45.3 Å². The number of hydrogen-bond donors (Lipinski definition) is 2. The third kappa shape index (κ3) is 12.7. The molecule has 4 amide bonds. The fraction of sp³-hybridized carbons (Fsp3) is 0.750. The van der Waals surface area contributed by atoms with Gasteiger partial charge in [0.25, 0.3) is 0 Å². The summed E-state index contributed by atoms with van der Waals surface area (Å²) >= 11 is 0. The molecular weight excluding hydrogens is 688 g/mol. The van der Waals surface area contributed by atoms with Gasteiger partial charge in [0.1, 0.15) is 6.04 Å². The van der Waals surface area contributed by atoms with E-state index in [0.29, 0.717) is 19.4 Å². The number of rotatable bonds is 22. The zero-order valence-corrected chi connectivity index (χ0v) is 34.8. The van der Waals surface area contributed by atoms with Crippen molar-refractivity contribution in [3.63, 3.8) is 0 Å². The molecular formula is C40H68N8O6. The van der Waals surface area contributed by atoms with E-state index in [2.05, 4.69) is 20.7 Å². The first kappa shape index (κ1) is 46.4. The maximum atomic E-state index is 14.2. The molecule has 14 heteroatoms. The average molecular weight is 757 g/mol. The summed E-state index contributed by atoms with van der Waals surface area (Å²) in [7, 11) is 8.56. The smallest absolute Gasteiger partial charge is 0.245 e. The Bertz CT molecular complexity index is 1380. The van der Waals surface area contributed by atoms with Gasteiger partial charge in [-0.05, 0) is 62.2 Å². The minimum absolute atomic E-state index is 0.0237. The van der Waals surface area contributed by atoms with E-state index in [9.17, 15) is 19.2 Å². The molecule has 1 aromatic carbocycles. The highest BCUT2D eigenvalue weighted by molar-refractivity contribution is 5.90. The second-order valence-corrected chi connectivity index (χ2v) is 15.8. The Hall–Kier alpha value is -3.71. The number of carbonyl (C=O) groups excluding carboxylic acids is 4. The normalized spacial score (nSPS) is 18.9. The SMILES string of the molecule is CC[C@H](C)[C@@H]([C@@H](CC(=O)N1CCC[C@H]1[C@H](OC)[C@@H](C)C(=O)N[C@H](CN=[N+]=[N-])Cc1ccccc1)OC)N(C)C(=O)C(NC(=O)[C@H](C(C)C)N(C)C)C(C)C. The fourth-order valence-corrected chi connectivity index (χ4v) is 7.94. The molecule has 1 aliphatic rings. The first-order valence-corrected chi connectivity index (χ1v) is 19.5. The Morgan fingerprint density at radius 2 is 1.61 bits per heavy atom. The molecule has 1 unspecified atom stereocenters. The van der Waals surface area contributed by atoms with Gasteiger partial charge in [0.2, 0.25) is 23.6 Å². The number of benzene rings is 1. The molecule has 1 heterocycles. The summed E-state index contributed by atoms with van der Waals surface area (Å²) < 4.78 is 12.0. The van der Waals surface area contributed by atoms with Gasteiger partial charge < -0.3 is 29.9 Å². The number of methoxy groups -OCH3 is 2. The number of hydrogen-bond acceptors (Lipinski definition) is 8. The van der Waals surface area contributed by atoms with Crippen LogP contribution in [-0.4, -0.2) is 129 Å². The van der Waals surface area contributed by atoms with Crippen molar-refractivity contribution in [3.05, 3.63) is 46.3 Å². The molecule has 54 heavy (non-hydrogen) atoms. The number of azide groups is 1. The molecule has 9 atom stereocenters. The van der Waals surface area contributed by atoms with Crippen molar-refractivity contribution >= 4 is 23.6 Å². The summed E-state index contributed by atoms with van der Waals surface area (Å²) in [5, 5.41) is 9.81. The molecule has 14 nitrogen and oxygen atoms in total. The summed E-state index contributed by atoms with van der Waals surface area (Å²) in [4.78, 5) is 63.7. The number of amides is 4. The van der Waals surface area contributed by atoms with Crippen molar-refractivity contribution in [1.82, 2.24) is 25.3 Å². The summed E-state index contributed by atoms with van der Waals surface area (Å²) in [6, 6.07) is 7.30. The molecule has 2 rings (SSSR count). The first-order valence-electron chi connectivity index (χ1n) is 19.5. The van der Waals surface area contributed by atoms with Crippen LogP contribution in [0.2, 0.25) is 0 Å². The Morgan fingerprint density at radius 3 is 2.13 bits per heavy atom. The molecule has 0 aliphatic carbocycles. The van der Waals surface area contributed by atoms with E-state index < -0.39 is 42.3 Å². The lowest BCUT2D eigenvalue weighted by Crippen LogP contribution is -2.59. The quantitative estimate of drug-likeness (QED) is 0.0985. The van der Waals surface area contributed by atoms with Crippen LogP contribution >= 0.6 is 0 Å². The van der Waals surface area contributed by atoms with Crippen LogP contribution in [0.4, 0.5) is 0 Å². The maximum Gasteiger partial charge on any atom is 0.245 e. The van der Waals surface area contributed by atoms with Gasteiger partial charge in [-0.25, -0.2) is 0 Å². The standard InChI is InChI=1S/C40H68N8O6/c1-13-27(6)36(47(10)40(52)34(25(2)3)44-39(51)35(26(4)5)46(8)9)32(53-11)23-33(49)48-21-17-20-31(48)37(54-12)28(7)38(50)43-30(24-42-45-41)22-29-18-15-14-16-19-29/h14-16,18-19,25-28,30-32,34-37H,13,17,20-24H2,1-12H3,(H,43,50)(H,44,51)/t27-,28+,30-,31-,32+,34?,35-,36-,37+/m0/s1. The predicted molar refractivity (Wildman–Crippen MR) is 211 cm³/mol. The molecule has 1 fully saturated rings. The van der Waals surface area contributed by atoms with Crippen LogP contribution in [0.15, 0.2) is 35.4 Å². The molecule has 0 bridgehead atoms. The van der Waals surface area contributed by atoms with E-state index in [1.807, 2.05) is 90.9 Å². The number of nitrogens with zero attached hydrogens (tertiary/aromatic N) is 6. The second kappa shape index (κ2) is 22.6. The van der Waals surface area contributed by atoms with E-state index in [0.717, 1.165) is 18.4 Å². The fourth-order valence-electron chi connectivity index (χ4n) is 7.94. The van der Waals surface area contributed by atoms with Gasteiger partial charge in [-0.3, -0.25) is 24.1 Å². The number of likely N-dealkylation sites (N-methyl/N-ethyl adjacent to an activating group) is 2. The minimum Gasteiger partial charge on any atom is -0.379 e. The summed E-state index contributed by atoms with van der Waals surface area (Å²) in [6.45, 7) is 14.3. The maximum absolute atomic E-state index is 14.2. The lowest BCUT2D eigenvalue weighted by atomic mass is 9.89. The molecule has 1 saturated heterocycles. The average Bonchev–Trinajstić information content (AvgIpc) is 3.61. The molecule has 0 aromatic heterocycles. The summed E-state index contributed by atoms with van der Waals surface area (Å²) in [6.07, 6.45) is 1.46. The van der Waals surface area contributed by atoms with Gasteiger partial charge in [0.05, 0.1) is 42.7 Å². The topological polar surface area (TPSA) is 169 Å². The summed E-state index contributed by atoms with van der Waals surface area (Å²) in [5.41, 5.74) is 9.97. The van der Waals surface area contributed by atoms with Crippen molar-refractivity contribution in [2.45, 2.75) is 123 Å². The third-order valence-electron chi connectivity index (χ3n) is 11.0. The largest absolute Gasteiger partial charge is 0.379 e. The highest BCUT2D eigenvalue weighted by atomic mass is 16.5. The van der Waals surface area contributed by atoms with E-state index in [-0.39, 0.29) is 60.4 Å².